The van der Waals surface area contributed by atoms with Crippen molar-refractivity contribution in [2.24, 2.45) is 11.8 Å². The number of hydrogen-bond acceptors (Lipinski definition) is 5. The van der Waals surface area contributed by atoms with Gasteiger partial charge in [0.05, 0.1) is 23.5 Å². The minimum atomic E-state index is -3.86. The smallest absolute Gasteiger partial charge is 0.338 e. The molecule has 2 rings (SSSR count). The van der Waals surface area contributed by atoms with Gasteiger partial charge in [-0.05, 0) is 30.5 Å². The number of rotatable bonds is 4. The molecule has 0 unspecified atom stereocenters. The Bertz CT molecular complexity index is 742. The number of carbonyl (C=O) groups excluding carboxylic acids is 1. The van der Waals surface area contributed by atoms with Gasteiger partial charge in [0, 0.05) is 13.1 Å². The van der Waals surface area contributed by atoms with Crippen molar-refractivity contribution in [2.75, 3.05) is 20.2 Å². The second-order valence-electron chi connectivity index (χ2n) is 5.71. The van der Waals surface area contributed by atoms with Crippen LogP contribution >= 0.6 is 0 Å². The van der Waals surface area contributed by atoms with E-state index in [4.69, 9.17) is 5.11 Å². The number of hydrogen-bond donors (Lipinski definition) is 1. The van der Waals surface area contributed by atoms with Crippen molar-refractivity contribution in [3.63, 3.8) is 0 Å². The molecule has 1 saturated heterocycles. The van der Waals surface area contributed by atoms with Gasteiger partial charge in [-0.15, -0.1) is 0 Å². The van der Waals surface area contributed by atoms with Gasteiger partial charge in [0.1, 0.15) is 0 Å². The van der Waals surface area contributed by atoms with Crippen molar-refractivity contribution < 1.29 is 27.9 Å². The maximum absolute atomic E-state index is 12.7. The van der Waals surface area contributed by atoms with Crippen LogP contribution in [0.3, 0.4) is 0 Å². The molecule has 1 aromatic carbocycles. The fraction of sp³-hybridized carbons (Fsp3) is 0.467. The van der Waals surface area contributed by atoms with Crippen LogP contribution in [-0.4, -0.2) is 50.0 Å². The van der Waals surface area contributed by atoms with E-state index in [1.165, 1.54) is 25.3 Å². The molecule has 1 aromatic rings. The van der Waals surface area contributed by atoms with Gasteiger partial charge < -0.3 is 9.84 Å². The van der Waals surface area contributed by atoms with Crippen LogP contribution in [0.1, 0.15) is 22.8 Å². The summed E-state index contributed by atoms with van der Waals surface area (Å²) >= 11 is 0. The number of nitrogens with zero attached hydrogens (tertiary/aromatic N) is 1. The van der Waals surface area contributed by atoms with Gasteiger partial charge in [-0.2, -0.15) is 4.31 Å². The molecule has 0 radical (unpaired) electrons. The highest BCUT2D eigenvalue weighted by Crippen LogP contribution is 2.29. The summed E-state index contributed by atoms with van der Waals surface area (Å²) in [5, 5.41) is 9.14. The number of carbonyl (C=O) groups is 2. The second-order valence-corrected chi connectivity index (χ2v) is 7.65. The number of carboxylic acids is 1. The molecule has 1 aliphatic heterocycles. The number of ether oxygens (including phenoxy) is 1. The van der Waals surface area contributed by atoms with Crippen molar-refractivity contribution >= 4 is 22.0 Å². The Labute approximate surface area is 134 Å². The predicted octanol–water partition coefficient (Wildman–Crippen LogP) is 1.12. The van der Waals surface area contributed by atoms with E-state index in [-0.39, 0.29) is 29.5 Å². The van der Waals surface area contributed by atoms with Crippen LogP contribution in [0.2, 0.25) is 0 Å². The number of benzene rings is 1. The fourth-order valence-corrected chi connectivity index (χ4v) is 4.27. The van der Waals surface area contributed by atoms with E-state index in [2.05, 4.69) is 4.74 Å². The van der Waals surface area contributed by atoms with E-state index in [1.54, 1.807) is 13.8 Å². The summed E-state index contributed by atoms with van der Waals surface area (Å²) in [6, 6.07) is 4.22. The van der Waals surface area contributed by atoms with Crippen LogP contribution in [0, 0.1) is 18.8 Å². The molecule has 0 aromatic heterocycles. The van der Waals surface area contributed by atoms with Gasteiger partial charge in [0.15, 0.2) is 0 Å². The summed E-state index contributed by atoms with van der Waals surface area (Å²) in [7, 11) is -2.63. The molecule has 1 heterocycles. The van der Waals surface area contributed by atoms with Crippen molar-refractivity contribution in [1.82, 2.24) is 4.31 Å². The number of aliphatic carboxylic acids is 1. The third-order valence-corrected chi connectivity index (χ3v) is 5.98. The molecule has 1 N–H and O–H groups in total. The van der Waals surface area contributed by atoms with E-state index in [0.717, 1.165) is 4.31 Å². The molecule has 126 valence electrons. The van der Waals surface area contributed by atoms with Gasteiger partial charge in [-0.3, -0.25) is 4.79 Å². The molecule has 0 amide bonds. The molecule has 0 bridgehead atoms. The van der Waals surface area contributed by atoms with Crippen molar-refractivity contribution in [3.8, 4) is 0 Å². The zero-order chi connectivity index (χ0) is 17.4. The van der Waals surface area contributed by atoms with Gasteiger partial charge in [-0.1, -0.05) is 13.0 Å². The molecule has 0 spiro atoms. The summed E-state index contributed by atoms with van der Waals surface area (Å²) < 4.78 is 31.2. The summed E-state index contributed by atoms with van der Waals surface area (Å²) in [4.78, 5) is 22.8. The van der Waals surface area contributed by atoms with Crippen LogP contribution in [0.5, 0.6) is 0 Å². The Morgan fingerprint density at radius 2 is 1.96 bits per heavy atom. The first kappa shape index (κ1) is 17.4. The lowest BCUT2D eigenvalue weighted by molar-refractivity contribution is -0.142. The molecule has 1 aliphatic rings. The third-order valence-electron chi connectivity index (χ3n) is 4.15. The quantitative estimate of drug-likeness (QED) is 0.824. The summed E-state index contributed by atoms with van der Waals surface area (Å²) in [6.07, 6.45) is 0. The van der Waals surface area contributed by atoms with Crippen LogP contribution in [0.4, 0.5) is 0 Å². The van der Waals surface area contributed by atoms with Gasteiger partial charge in [0.25, 0.3) is 0 Å². The largest absolute Gasteiger partial charge is 0.481 e. The zero-order valence-electron chi connectivity index (χ0n) is 13.1. The monoisotopic (exact) mass is 341 g/mol. The number of methoxy groups -OCH3 is 1. The molecule has 0 saturated carbocycles. The van der Waals surface area contributed by atoms with Crippen molar-refractivity contribution in [2.45, 2.75) is 18.7 Å². The zero-order valence-corrected chi connectivity index (χ0v) is 14.0. The molecular formula is C15H19NO6S. The number of aryl methyl sites for hydroxylation is 1. The Hall–Kier alpha value is -1.93. The molecule has 8 heteroatoms. The third kappa shape index (κ3) is 3.23. The lowest BCUT2D eigenvalue weighted by atomic mass is 9.99. The normalized spacial score (nSPS) is 22.0. The van der Waals surface area contributed by atoms with Crippen molar-refractivity contribution in [1.29, 1.82) is 0 Å². The first-order valence-electron chi connectivity index (χ1n) is 7.10. The minimum Gasteiger partial charge on any atom is -0.481 e. The first-order valence-corrected chi connectivity index (χ1v) is 8.54. The van der Waals surface area contributed by atoms with Crippen molar-refractivity contribution in [3.05, 3.63) is 29.3 Å². The van der Waals surface area contributed by atoms with Crippen LogP contribution in [0.25, 0.3) is 0 Å². The highest BCUT2D eigenvalue weighted by Gasteiger charge is 2.40. The summed E-state index contributed by atoms with van der Waals surface area (Å²) in [5.41, 5.74) is 0.782. The molecular weight excluding hydrogens is 322 g/mol. The standard InChI is InChI=1S/C15H19NO6S/c1-9-4-5-11(6-12(9)15(19)22-3)23(20,21)16-7-10(2)13(8-16)14(17)18/h4-6,10,13H,7-8H2,1-3H3,(H,17,18)/t10-,13-/m1/s1. The van der Waals surface area contributed by atoms with Gasteiger partial charge >= 0.3 is 11.9 Å². The minimum absolute atomic E-state index is 0.0401. The Kier molecular flexibility index (Phi) is 4.76. The summed E-state index contributed by atoms with van der Waals surface area (Å²) in [5.74, 6) is -2.62. The van der Waals surface area contributed by atoms with E-state index in [1.807, 2.05) is 0 Å². The maximum atomic E-state index is 12.7. The molecule has 0 aliphatic carbocycles. The number of esters is 1. The molecule has 2 atom stereocenters. The van der Waals surface area contributed by atoms with E-state index >= 15 is 0 Å². The SMILES string of the molecule is COC(=O)c1cc(S(=O)(=O)N2C[C@@H](C)[C@H](C(=O)O)C2)ccc1C. The van der Waals surface area contributed by atoms with E-state index in [0.29, 0.717) is 5.56 Å². The highest BCUT2D eigenvalue weighted by molar-refractivity contribution is 7.89. The molecule has 23 heavy (non-hydrogen) atoms. The predicted molar refractivity (Wildman–Crippen MR) is 81.6 cm³/mol. The van der Waals surface area contributed by atoms with Crippen LogP contribution in [-0.2, 0) is 19.6 Å². The lowest BCUT2D eigenvalue weighted by Gasteiger charge is -2.17. The van der Waals surface area contributed by atoms with Gasteiger partial charge in [-0.25, -0.2) is 13.2 Å². The number of carboxylic acid groups (broad SMARTS) is 1. The summed E-state index contributed by atoms with van der Waals surface area (Å²) in [6.45, 7) is 3.46. The first-order chi connectivity index (χ1) is 10.7. The average Bonchev–Trinajstić information content (AvgIpc) is 2.89. The Morgan fingerprint density at radius 3 is 2.48 bits per heavy atom. The van der Waals surface area contributed by atoms with Gasteiger partial charge in [0.2, 0.25) is 10.0 Å². The lowest BCUT2D eigenvalue weighted by Crippen LogP contribution is -2.30. The van der Waals surface area contributed by atoms with E-state index in [9.17, 15) is 18.0 Å². The average molecular weight is 341 g/mol. The Balaban J connectivity index is 2.38. The Morgan fingerprint density at radius 1 is 1.30 bits per heavy atom. The molecule has 7 nitrogen and oxygen atoms in total. The highest BCUT2D eigenvalue weighted by atomic mass is 32.2. The topological polar surface area (TPSA) is 101 Å². The fourth-order valence-electron chi connectivity index (χ4n) is 2.68. The van der Waals surface area contributed by atoms with Crippen LogP contribution in [0.15, 0.2) is 23.1 Å². The maximum Gasteiger partial charge on any atom is 0.338 e. The van der Waals surface area contributed by atoms with E-state index < -0.39 is 27.9 Å². The number of sulfonamides is 1. The second kappa shape index (κ2) is 6.29. The molecule has 1 fully saturated rings. The van der Waals surface area contributed by atoms with Crippen LogP contribution < -0.4 is 0 Å².